The SMILES string of the molecule is CCN(CCCC(N)=NO)CC1CC1. The molecule has 0 unspecified atom stereocenters. The van der Waals surface area contributed by atoms with Crippen LogP contribution in [0, 0.1) is 5.92 Å². The lowest BCUT2D eigenvalue weighted by Crippen LogP contribution is -2.27. The minimum atomic E-state index is 0.340. The first-order valence-corrected chi connectivity index (χ1v) is 5.45. The first-order valence-electron chi connectivity index (χ1n) is 5.45. The quantitative estimate of drug-likeness (QED) is 0.281. The zero-order valence-electron chi connectivity index (χ0n) is 8.95. The van der Waals surface area contributed by atoms with Gasteiger partial charge in [-0.05, 0) is 38.3 Å². The average Bonchev–Trinajstić information content (AvgIpc) is 2.99. The fourth-order valence-electron chi connectivity index (χ4n) is 1.58. The second-order valence-electron chi connectivity index (χ2n) is 4.03. The van der Waals surface area contributed by atoms with E-state index in [0.717, 1.165) is 25.4 Å². The van der Waals surface area contributed by atoms with Crippen molar-refractivity contribution in [1.82, 2.24) is 4.90 Å². The first-order chi connectivity index (χ1) is 6.76. The molecule has 1 rings (SSSR count). The third-order valence-corrected chi connectivity index (χ3v) is 2.70. The van der Waals surface area contributed by atoms with Crippen LogP contribution in [-0.4, -0.2) is 35.6 Å². The van der Waals surface area contributed by atoms with Gasteiger partial charge < -0.3 is 15.8 Å². The van der Waals surface area contributed by atoms with Gasteiger partial charge in [0.15, 0.2) is 0 Å². The summed E-state index contributed by atoms with van der Waals surface area (Å²) in [6.45, 7) is 5.58. The van der Waals surface area contributed by atoms with Gasteiger partial charge in [-0.25, -0.2) is 0 Å². The molecule has 4 heteroatoms. The smallest absolute Gasteiger partial charge is 0.139 e. The van der Waals surface area contributed by atoms with Crippen LogP contribution in [0.4, 0.5) is 0 Å². The van der Waals surface area contributed by atoms with E-state index in [4.69, 9.17) is 10.9 Å². The van der Waals surface area contributed by atoms with Crippen molar-refractivity contribution in [2.45, 2.75) is 32.6 Å². The lowest BCUT2D eigenvalue weighted by atomic mass is 10.2. The number of hydrogen-bond acceptors (Lipinski definition) is 3. The Kier molecular flexibility index (Phi) is 4.73. The van der Waals surface area contributed by atoms with Crippen molar-refractivity contribution in [3.8, 4) is 0 Å². The molecule has 1 saturated carbocycles. The summed E-state index contributed by atoms with van der Waals surface area (Å²) in [5, 5.41) is 11.3. The van der Waals surface area contributed by atoms with Crippen molar-refractivity contribution < 1.29 is 5.21 Å². The minimum Gasteiger partial charge on any atom is -0.409 e. The van der Waals surface area contributed by atoms with Crippen molar-refractivity contribution in [3.05, 3.63) is 0 Å². The largest absolute Gasteiger partial charge is 0.409 e. The molecule has 1 fully saturated rings. The summed E-state index contributed by atoms with van der Waals surface area (Å²) in [4.78, 5) is 2.45. The maximum Gasteiger partial charge on any atom is 0.139 e. The van der Waals surface area contributed by atoms with Crippen LogP contribution in [0.3, 0.4) is 0 Å². The Labute approximate surface area is 85.8 Å². The summed E-state index contributed by atoms with van der Waals surface area (Å²) in [5.41, 5.74) is 5.40. The van der Waals surface area contributed by atoms with Crippen molar-refractivity contribution in [3.63, 3.8) is 0 Å². The van der Waals surface area contributed by atoms with E-state index in [1.54, 1.807) is 0 Å². The van der Waals surface area contributed by atoms with Gasteiger partial charge in [0.05, 0.1) is 0 Å². The molecule has 0 heterocycles. The van der Waals surface area contributed by atoms with Crippen molar-refractivity contribution in [2.24, 2.45) is 16.8 Å². The van der Waals surface area contributed by atoms with Crippen LogP contribution >= 0.6 is 0 Å². The van der Waals surface area contributed by atoms with Gasteiger partial charge in [-0.2, -0.15) is 0 Å². The van der Waals surface area contributed by atoms with E-state index >= 15 is 0 Å². The van der Waals surface area contributed by atoms with E-state index < -0.39 is 0 Å². The van der Waals surface area contributed by atoms with E-state index in [-0.39, 0.29) is 0 Å². The van der Waals surface area contributed by atoms with E-state index in [0.29, 0.717) is 12.3 Å². The van der Waals surface area contributed by atoms with Crippen LogP contribution in [0.1, 0.15) is 32.6 Å². The van der Waals surface area contributed by atoms with Gasteiger partial charge >= 0.3 is 0 Å². The second kappa shape index (κ2) is 5.86. The molecular formula is C10H21N3O. The Balaban J connectivity index is 2.07. The maximum atomic E-state index is 8.36. The van der Waals surface area contributed by atoms with Gasteiger partial charge in [0.1, 0.15) is 5.84 Å². The van der Waals surface area contributed by atoms with Crippen LogP contribution in [0.25, 0.3) is 0 Å². The first kappa shape index (κ1) is 11.3. The van der Waals surface area contributed by atoms with Crippen molar-refractivity contribution in [2.75, 3.05) is 19.6 Å². The van der Waals surface area contributed by atoms with Crippen LogP contribution in [0.5, 0.6) is 0 Å². The molecule has 14 heavy (non-hydrogen) atoms. The Hall–Kier alpha value is -0.770. The Bertz CT molecular complexity index is 190. The summed E-state index contributed by atoms with van der Waals surface area (Å²) in [5.74, 6) is 1.28. The Morgan fingerprint density at radius 3 is 2.79 bits per heavy atom. The highest BCUT2D eigenvalue weighted by Crippen LogP contribution is 2.29. The van der Waals surface area contributed by atoms with Crippen LogP contribution < -0.4 is 5.73 Å². The molecule has 0 aliphatic heterocycles. The summed E-state index contributed by atoms with van der Waals surface area (Å²) in [6.07, 6.45) is 4.47. The molecule has 0 aromatic heterocycles. The number of oxime groups is 1. The summed E-state index contributed by atoms with van der Waals surface area (Å²) in [6, 6.07) is 0. The molecule has 3 N–H and O–H groups in total. The van der Waals surface area contributed by atoms with E-state index in [2.05, 4.69) is 17.0 Å². The molecule has 0 spiro atoms. The highest BCUT2D eigenvalue weighted by Gasteiger charge is 2.23. The lowest BCUT2D eigenvalue weighted by molar-refractivity contribution is 0.273. The Morgan fingerprint density at radius 2 is 2.29 bits per heavy atom. The number of nitrogens with zero attached hydrogens (tertiary/aromatic N) is 2. The predicted octanol–water partition coefficient (Wildman–Crippen LogP) is 1.24. The van der Waals surface area contributed by atoms with Gasteiger partial charge in [0.2, 0.25) is 0 Å². The minimum absolute atomic E-state index is 0.340. The topological polar surface area (TPSA) is 61.8 Å². The van der Waals surface area contributed by atoms with Crippen LogP contribution in [0.2, 0.25) is 0 Å². The van der Waals surface area contributed by atoms with E-state index in [1.165, 1.54) is 19.4 Å². The normalized spacial score (nSPS) is 17.7. The third-order valence-electron chi connectivity index (χ3n) is 2.70. The molecule has 0 amide bonds. The van der Waals surface area contributed by atoms with Gasteiger partial charge in [-0.15, -0.1) is 0 Å². The van der Waals surface area contributed by atoms with Crippen molar-refractivity contribution >= 4 is 5.84 Å². The molecule has 0 bridgehead atoms. The van der Waals surface area contributed by atoms with E-state index in [1.807, 2.05) is 0 Å². The molecule has 4 nitrogen and oxygen atoms in total. The zero-order valence-corrected chi connectivity index (χ0v) is 8.95. The zero-order chi connectivity index (χ0) is 10.4. The molecule has 1 aliphatic carbocycles. The molecule has 1 aliphatic rings. The fraction of sp³-hybridized carbons (Fsp3) is 0.900. The number of hydrogen-bond donors (Lipinski definition) is 2. The molecule has 0 aromatic rings. The van der Waals surface area contributed by atoms with Crippen LogP contribution in [0.15, 0.2) is 5.16 Å². The summed E-state index contributed by atoms with van der Waals surface area (Å²) >= 11 is 0. The predicted molar refractivity (Wildman–Crippen MR) is 57.5 cm³/mol. The van der Waals surface area contributed by atoms with E-state index in [9.17, 15) is 0 Å². The molecule has 82 valence electrons. The Morgan fingerprint density at radius 1 is 1.57 bits per heavy atom. The fourth-order valence-corrected chi connectivity index (χ4v) is 1.58. The van der Waals surface area contributed by atoms with Gasteiger partial charge in [0.25, 0.3) is 0 Å². The number of nitrogens with two attached hydrogens (primary N) is 1. The van der Waals surface area contributed by atoms with Gasteiger partial charge in [-0.1, -0.05) is 12.1 Å². The average molecular weight is 199 g/mol. The summed E-state index contributed by atoms with van der Waals surface area (Å²) < 4.78 is 0. The van der Waals surface area contributed by atoms with Gasteiger partial charge in [-0.3, -0.25) is 0 Å². The van der Waals surface area contributed by atoms with Gasteiger partial charge in [0, 0.05) is 13.0 Å². The molecule has 0 radical (unpaired) electrons. The van der Waals surface area contributed by atoms with Crippen LogP contribution in [-0.2, 0) is 0 Å². The molecule has 0 saturated heterocycles. The molecular weight excluding hydrogens is 178 g/mol. The van der Waals surface area contributed by atoms with Crippen molar-refractivity contribution in [1.29, 1.82) is 0 Å². The molecule has 0 atom stereocenters. The molecule has 0 aromatic carbocycles. The second-order valence-corrected chi connectivity index (χ2v) is 4.03. The highest BCUT2D eigenvalue weighted by atomic mass is 16.4. The number of amidine groups is 1. The standard InChI is InChI=1S/C10H21N3O/c1-2-13(8-9-5-6-9)7-3-4-10(11)12-14/h9,14H,2-8H2,1H3,(H2,11,12). The highest BCUT2D eigenvalue weighted by molar-refractivity contribution is 5.79. The third kappa shape index (κ3) is 4.46. The monoisotopic (exact) mass is 199 g/mol. The summed E-state index contributed by atoms with van der Waals surface area (Å²) in [7, 11) is 0. The lowest BCUT2D eigenvalue weighted by Gasteiger charge is -2.19. The number of rotatable bonds is 7. The maximum absolute atomic E-state index is 8.36.